The van der Waals surface area contributed by atoms with Crippen LogP contribution in [0.4, 0.5) is 0 Å². The molecule has 2 N–H and O–H groups in total. The summed E-state index contributed by atoms with van der Waals surface area (Å²) in [7, 11) is 0. The monoisotopic (exact) mass is 481 g/mol. The van der Waals surface area contributed by atoms with Crippen LogP contribution in [0.1, 0.15) is 77.3 Å². The van der Waals surface area contributed by atoms with E-state index in [1.807, 2.05) is 6.08 Å². The molecule has 5 nitrogen and oxygen atoms in total. The minimum Gasteiger partial charge on any atom is -0.458 e. The number of fused-ring (bicyclic) bond motifs is 3. The summed E-state index contributed by atoms with van der Waals surface area (Å²) < 4.78 is 11.9. The number of esters is 1. The lowest BCUT2D eigenvalue weighted by Gasteiger charge is -2.69. The van der Waals surface area contributed by atoms with Gasteiger partial charge in [0.2, 0.25) is 0 Å². The van der Waals surface area contributed by atoms with Gasteiger partial charge in [0.05, 0.1) is 23.4 Å². The largest absolute Gasteiger partial charge is 0.458 e. The van der Waals surface area contributed by atoms with E-state index >= 15 is 0 Å². The first-order valence-electron chi connectivity index (χ1n) is 13.6. The van der Waals surface area contributed by atoms with Crippen molar-refractivity contribution in [1.82, 2.24) is 5.32 Å². The summed E-state index contributed by atoms with van der Waals surface area (Å²) in [6.45, 7) is 13.5. The summed E-state index contributed by atoms with van der Waals surface area (Å²) in [6, 6.07) is 8.53. The van der Waals surface area contributed by atoms with Gasteiger partial charge in [0.15, 0.2) is 0 Å². The van der Waals surface area contributed by atoms with Crippen LogP contribution >= 0.6 is 0 Å². The van der Waals surface area contributed by atoms with Crippen LogP contribution in [-0.2, 0) is 20.8 Å². The second-order valence-electron chi connectivity index (χ2n) is 12.3. The summed E-state index contributed by atoms with van der Waals surface area (Å²) in [6.07, 6.45) is 7.08. The molecule has 5 rings (SSSR count). The second-order valence-corrected chi connectivity index (χ2v) is 12.3. The first-order chi connectivity index (χ1) is 16.6. The van der Waals surface area contributed by atoms with Gasteiger partial charge < -0.3 is 19.9 Å². The molecule has 0 radical (unpaired) electrons. The number of aryl methyl sites for hydroxylation is 1. The number of rotatable bonds is 6. The first-order valence-corrected chi connectivity index (χ1v) is 13.6. The highest BCUT2D eigenvalue weighted by atomic mass is 16.5. The number of nitrogens with one attached hydrogen (secondary N) is 1. The number of benzene rings is 1. The predicted octanol–water partition coefficient (Wildman–Crippen LogP) is 5.09. The van der Waals surface area contributed by atoms with Crippen LogP contribution < -0.4 is 5.32 Å². The van der Waals surface area contributed by atoms with Crippen molar-refractivity contribution in [3.8, 4) is 0 Å². The van der Waals surface area contributed by atoms with Gasteiger partial charge in [0, 0.05) is 18.5 Å². The second kappa shape index (κ2) is 8.71. The Bertz CT molecular complexity index is 1020. The van der Waals surface area contributed by atoms with Gasteiger partial charge in [0.1, 0.15) is 6.61 Å². The normalized spacial score (nSPS) is 42.9. The number of cyclic esters (lactones) is 1. The summed E-state index contributed by atoms with van der Waals surface area (Å²) in [5.74, 6) is 0.125. The molecule has 1 aromatic rings. The van der Waals surface area contributed by atoms with Gasteiger partial charge in [-0.15, -0.1) is 0 Å². The third-order valence-electron chi connectivity index (χ3n) is 11.0. The number of aliphatic hydroxyl groups excluding tert-OH is 1. The molecule has 0 bridgehead atoms. The molecule has 1 saturated heterocycles. The third kappa shape index (κ3) is 3.56. The van der Waals surface area contributed by atoms with E-state index < -0.39 is 0 Å². The quantitative estimate of drug-likeness (QED) is 0.554. The smallest absolute Gasteiger partial charge is 0.336 e. The van der Waals surface area contributed by atoms with Gasteiger partial charge in [0.25, 0.3) is 0 Å². The van der Waals surface area contributed by atoms with Gasteiger partial charge in [-0.05, 0) is 86.3 Å². The van der Waals surface area contributed by atoms with E-state index in [1.54, 1.807) is 0 Å². The minimum atomic E-state index is -0.338. The summed E-state index contributed by atoms with van der Waals surface area (Å²) in [5, 5.41) is 15.3. The number of hydrogen-bond donors (Lipinski definition) is 2. The highest BCUT2D eigenvalue weighted by molar-refractivity contribution is 5.91. The van der Waals surface area contributed by atoms with E-state index in [-0.39, 0.29) is 40.0 Å². The van der Waals surface area contributed by atoms with Crippen LogP contribution in [-0.4, -0.2) is 42.0 Å². The molecule has 192 valence electrons. The van der Waals surface area contributed by atoms with Crippen molar-refractivity contribution >= 4 is 5.97 Å². The number of carbonyl (C=O) groups is 1. The Kier molecular flexibility index (Phi) is 6.22. The van der Waals surface area contributed by atoms with Crippen LogP contribution in [0.2, 0.25) is 0 Å². The average Bonchev–Trinajstić information content (AvgIpc) is 3.42. The molecule has 1 aromatic carbocycles. The summed E-state index contributed by atoms with van der Waals surface area (Å²) in [5.41, 5.74) is 2.84. The molecule has 4 aliphatic rings. The zero-order chi connectivity index (χ0) is 25.1. The zero-order valence-electron chi connectivity index (χ0n) is 22.2. The maximum Gasteiger partial charge on any atom is 0.336 e. The Balaban J connectivity index is 1.44. The molecule has 5 heteroatoms. The standard InChI is InChI=1S/C30H43NO4/c1-6-30-15-14-29(5)24(17-23(35-29)22-12-16-34-26(22)33)27(30,3)13-11-25(32)28(30,4)19-31-18-21-10-8-7-9-20(21)2/h7-10,12,23-25,31-32H,6,11,13-19H2,1-5H3/t23-,24-,25+,27-,28+,29+,30-/m0/s1. The first kappa shape index (κ1) is 25.0. The lowest BCUT2D eigenvalue weighted by molar-refractivity contribution is -0.246. The molecule has 2 saturated carbocycles. The zero-order valence-corrected chi connectivity index (χ0v) is 22.2. The number of ether oxygens (including phenoxy) is 2. The van der Waals surface area contributed by atoms with Crippen molar-refractivity contribution in [2.45, 2.75) is 97.5 Å². The molecular weight excluding hydrogens is 438 g/mol. The fraction of sp³-hybridized carbons (Fsp3) is 0.700. The molecule has 2 aliphatic heterocycles. The van der Waals surface area contributed by atoms with E-state index in [1.165, 1.54) is 11.1 Å². The molecule has 0 aromatic heterocycles. The van der Waals surface area contributed by atoms with Gasteiger partial charge in [-0.3, -0.25) is 0 Å². The van der Waals surface area contributed by atoms with Gasteiger partial charge >= 0.3 is 5.97 Å². The maximum atomic E-state index is 12.3. The van der Waals surface area contributed by atoms with Crippen molar-refractivity contribution < 1.29 is 19.4 Å². The van der Waals surface area contributed by atoms with E-state index in [9.17, 15) is 9.90 Å². The van der Waals surface area contributed by atoms with Crippen LogP contribution in [0.15, 0.2) is 35.9 Å². The maximum absolute atomic E-state index is 12.3. The number of hydrogen-bond acceptors (Lipinski definition) is 5. The molecule has 0 amide bonds. The molecule has 35 heavy (non-hydrogen) atoms. The minimum absolute atomic E-state index is 0.0105. The summed E-state index contributed by atoms with van der Waals surface area (Å²) >= 11 is 0. The van der Waals surface area contributed by atoms with Gasteiger partial charge in [-0.2, -0.15) is 0 Å². The molecule has 2 heterocycles. The lowest BCUT2D eigenvalue weighted by atomic mass is 9.36. The van der Waals surface area contributed by atoms with Crippen molar-refractivity contribution in [3.63, 3.8) is 0 Å². The van der Waals surface area contributed by atoms with Crippen molar-refractivity contribution in [1.29, 1.82) is 0 Å². The molecule has 0 unspecified atom stereocenters. The highest BCUT2D eigenvalue weighted by Gasteiger charge is 2.71. The van der Waals surface area contributed by atoms with Crippen molar-refractivity contribution in [2.75, 3.05) is 13.2 Å². The van der Waals surface area contributed by atoms with Gasteiger partial charge in [-0.1, -0.05) is 45.0 Å². The van der Waals surface area contributed by atoms with Crippen LogP contribution in [0, 0.1) is 29.1 Å². The molecular formula is C30H43NO4. The predicted molar refractivity (Wildman–Crippen MR) is 137 cm³/mol. The SMILES string of the molecule is CC[C@]12CC[C@@]3(C)O[C@H](C4=CCOC4=O)C[C@H]3[C@]1(C)CC[C@@H](O)[C@@]2(C)CNCc1ccccc1C. The Hall–Kier alpha value is -1.69. The van der Waals surface area contributed by atoms with E-state index in [2.05, 4.69) is 64.2 Å². The van der Waals surface area contributed by atoms with E-state index in [4.69, 9.17) is 9.47 Å². The molecule has 0 spiro atoms. The number of aliphatic hydroxyl groups is 1. The van der Waals surface area contributed by atoms with Crippen LogP contribution in [0.25, 0.3) is 0 Å². The van der Waals surface area contributed by atoms with E-state index in [0.717, 1.165) is 51.6 Å². The van der Waals surface area contributed by atoms with Crippen molar-refractivity contribution in [2.24, 2.45) is 22.2 Å². The third-order valence-corrected chi connectivity index (χ3v) is 11.0. The number of carbonyl (C=O) groups excluding carboxylic acids is 1. The molecule has 2 aliphatic carbocycles. The fourth-order valence-corrected chi connectivity index (χ4v) is 8.96. The Labute approximate surface area is 210 Å². The molecule has 7 atom stereocenters. The Morgan fingerprint density at radius 3 is 2.60 bits per heavy atom. The van der Waals surface area contributed by atoms with E-state index in [0.29, 0.717) is 18.1 Å². The molecule has 3 fully saturated rings. The highest BCUT2D eigenvalue weighted by Crippen LogP contribution is 2.73. The lowest BCUT2D eigenvalue weighted by Crippen LogP contribution is -2.69. The summed E-state index contributed by atoms with van der Waals surface area (Å²) in [4.78, 5) is 12.3. The topological polar surface area (TPSA) is 67.8 Å². The Morgan fingerprint density at radius 2 is 1.91 bits per heavy atom. The van der Waals surface area contributed by atoms with Crippen molar-refractivity contribution in [3.05, 3.63) is 47.0 Å². The Morgan fingerprint density at radius 1 is 1.14 bits per heavy atom. The van der Waals surface area contributed by atoms with Gasteiger partial charge in [-0.25, -0.2) is 4.79 Å². The fourth-order valence-electron chi connectivity index (χ4n) is 8.96. The average molecular weight is 482 g/mol. The van der Waals surface area contributed by atoms with Crippen LogP contribution in [0.5, 0.6) is 0 Å². The van der Waals surface area contributed by atoms with Crippen LogP contribution in [0.3, 0.4) is 0 Å².